The molecule has 1 aliphatic heterocycles. The number of alkyl halides is 3. The van der Waals surface area contributed by atoms with Crippen LogP contribution in [-0.2, 0) is 9.53 Å². The Balaban J connectivity index is 2.04. The van der Waals surface area contributed by atoms with Gasteiger partial charge in [-0.05, 0) is 38.1 Å². The summed E-state index contributed by atoms with van der Waals surface area (Å²) >= 11 is 0. The number of methoxy groups -OCH3 is 1. The summed E-state index contributed by atoms with van der Waals surface area (Å²) in [6.45, 7) is 0.489. The Morgan fingerprint density at radius 3 is 2.50 bits per heavy atom. The van der Waals surface area contributed by atoms with E-state index in [4.69, 9.17) is 4.74 Å². The van der Waals surface area contributed by atoms with Gasteiger partial charge in [0.1, 0.15) is 6.04 Å². The van der Waals surface area contributed by atoms with Crippen molar-refractivity contribution >= 4 is 5.97 Å². The molecule has 0 aromatic carbocycles. The first-order chi connectivity index (χ1) is 8.43. The van der Waals surface area contributed by atoms with Crippen molar-refractivity contribution in [3.63, 3.8) is 0 Å². The van der Waals surface area contributed by atoms with Gasteiger partial charge in [0.05, 0.1) is 13.0 Å². The molecule has 104 valence electrons. The third-order valence-electron chi connectivity index (χ3n) is 3.82. The number of nitrogens with zero attached hydrogens (tertiary/aromatic N) is 1. The molecule has 2 unspecified atom stereocenters. The van der Waals surface area contributed by atoms with Crippen LogP contribution in [0.4, 0.5) is 13.2 Å². The van der Waals surface area contributed by atoms with Crippen LogP contribution in [-0.4, -0.2) is 43.3 Å². The van der Waals surface area contributed by atoms with Gasteiger partial charge in [0.15, 0.2) is 0 Å². The molecule has 0 spiro atoms. The standard InChI is InChI=1S/C12H18F3NO2/c1-18-11(17)10(8-4-5-8)16-6-2-3-9(7-16)12(13,14)15/h8-10H,2-7H2,1H3. The van der Waals surface area contributed by atoms with E-state index in [0.29, 0.717) is 13.0 Å². The molecule has 2 rings (SSSR count). The van der Waals surface area contributed by atoms with Crippen molar-refractivity contribution in [2.75, 3.05) is 20.2 Å². The lowest BCUT2D eigenvalue weighted by molar-refractivity contribution is -0.191. The molecule has 6 heteroatoms. The quantitative estimate of drug-likeness (QED) is 0.733. The van der Waals surface area contributed by atoms with E-state index in [1.54, 1.807) is 4.90 Å². The number of hydrogen-bond acceptors (Lipinski definition) is 3. The molecule has 1 saturated heterocycles. The van der Waals surface area contributed by atoms with E-state index in [2.05, 4.69) is 0 Å². The second-order valence-corrected chi connectivity index (χ2v) is 5.18. The molecular weight excluding hydrogens is 247 g/mol. The Morgan fingerprint density at radius 2 is 2.00 bits per heavy atom. The monoisotopic (exact) mass is 265 g/mol. The molecule has 2 fully saturated rings. The summed E-state index contributed by atoms with van der Waals surface area (Å²) < 4.78 is 42.9. The summed E-state index contributed by atoms with van der Waals surface area (Å²) in [4.78, 5) is 13.4. The number of hydrogen-bond donors (Lipinski definition) is 0. The van der Waals surface area contributed by atoms with Gasteiger partial charge in [-0.3, -0.25) is 9.69 Å². The maximum absolute atomic E-state index is 12.7. The molecule has 0 radical (unpaired) electrons. The summed E-state index contributed by atoms with van der Waals surface area (Å²) in [5.41, 5.74) is 0. The number of esters is 1. The van der Waals surface area contributed by atoms with Gasteiger partial charge in [0.25, 0.3) is 0 Å². The highest BCUT2D eigenvalue weighted by molar-refractivity contribution is 5.76. The average Bonchev–Trinajstić information content (AvgIpc) is 3.13. The zero-order valence-corrected chi connectivity index (χ0v) is 10.4. The van der Waals surface area contributed by atoms with Crippen molar-refractivity contribution < 1.29 is 22.7 Å². The summed E-state index contributed by atoms with van der Waals surface area (Å²) in [7, 11) is 1.29. The minimum Gasteiger partial charge on any atom is -0.468 e. The predicted octanol–water partition coefficient (Wildman–Crippen LogP) is 2.21. The zero-order chi connectivity index (χ0) is 13.3. The van der Waals surface area contributed by atoms with E-state index in [-0.39, 0.29) is 24.9 Å². The molecule has 2 aliphatic rings. The fourth-order valence-electron chi connectivity index (χ4n) is 2.70. The predicted molar refractivity (Wildman–Crippen MR) is 58.9 cm³/mol. The summed E-state index contributed by atoms with van der Waals surface area (Å²) in [5.74, 6) is -1.51. The van der Waals surface area contributed by atoms with Crippen molar-refractivity contribution in [3.8, 4) is 0 Å². The van der Waals surface area contributed by atoms with Gasteiger partial charge >= 0.3 is 12.1 Å². The Labute approximate surface area is 104 Å². The number of ether oxygens (including phenoxy) is 1. The SMILES string of the molecule is COC(=O)C(C1CC1)N1CCCC(C(F)(F)F)C1. The van der Waals surface area contributed by atoms with Crippen LogP contribution < -0.4 is 0 Å². The molecule has 1 saturated carbocycles. The number of carbonyl (C=O) groups excluding carboxylic acids is 1. The minimum atomic E-state index is -4.16. The molecular formula is C12H18F3NO2. The smallest absolute Gasteiger partial charge is 0.393 e. The highest BCUT2D eigenvalue weighted by atomic mass is 19.4. The van der Waals surface area contributed by atoms with Gasteiger partial charge in [-0.1, -0.05) is 0 Å². The van der Waals surface area contributed by atoms with Crippen LogP contribution in [0.3, 0.4) is 0 Å². The first-order valence-electron chi connectivity index (χ1n) is 6.32. The maximum atomic E-state index is 12.7. The molecule has 0 amide bonds. The number of piperidine rings is 1. The van der Waals surface area contributed by atoms with Crippen LogP contribution in [0.15, 0.2) is 0 Å². The van der Waals surface area contributed by atoms with Gasteiger partial charge in [0, 0.05) is 6.54 Å². The summed E-state index contributed by atoms with van der Waals surface area (Å²) in [5, 5.41) is 0. The van der Waals surface area contributed by atoms with Crippen LogP contribution in [0, 0.1) is 11.8 Å². The van der Waals surface area contributed by atoms with Gasteiger partial charge in [-0.15, -0.1) is 0 Å². The molecule has 18 heavy (non-hydrogen) atoms. The zero-order valence-electron chi connectivity index (χ0n) is 10.4. The fraction of sp³-hybridized carbons (Fsp3) is 0.917. The van der Waals surface area contributed by atoms with Crippen LogP contribution in [0.5, 0.6) is 0 Å². The lowest BCUT2D eigenvalue weighted by atomic mass is 9.95. The Morgan fingerprint density at radius 1 is 1.33 bits per heavy atom. The van der Waals surface area contributed by atoms with Crippen molar-refractivity contribution in [2.45, 2.75) is 37.9 Å². The summed E-state index contributed by atoms with van der Waals surface area (Å²) in [6.07, 6.45) is -1.69. The van der Waals surface area contributed by atoms with Crippen LogP contribution >= 0.6 is 0 Å². The summed E-state index contributed by atoms with van der Waals surface area (Å²) in [6, 6.07) is -0.472. The molecule has 3 nitrogen and oxygen atoms in total. The first kappa shape index (κ1) is 13.6. The molecule has 1 aliphatic carbocycles. The Hall–Kier alpha value is -0.780. The van der Waals surface area contributed by atoms with E-state index in [1.807, 2.05) is 0 Å². The molecule has 1 heterocycles. The topological polar surface area (TPSA) is 29.5 Å². The number of likely N-dealkylation sites (tertiary alicyclic amines) is 1. The lowest BCUT2D eigenvalue weighted by Crippen LogP contribution is -2.50. The number of carbonyl (C=O) groups is 1. The molecule has 2 atom stereocenters. The Bertz CT molecular complexity index is 315. The van der Waals surface area contributed by atoms with Gasteiger partial charge in [-0.2, -0.15) is 13.2 Å². The van der Waals surface area contributed by atoms with Crippen molar-refractivity contribution in [1.29, 1.82) is 0 Å². The lowest BCUT2D eigenvalue weighted by Gasteiger charge is -2.37. The number of halogens is 3. The van der Waals surface area contributed by atoms with E-state index in [9.17, 15) is 18.0 Å². The Kier molecular flexibility index (Phi) is 3.84. The average molecular weight is 265 g/mol. The van der Waals surface area contributed by atoms with E-state index in [1.165, 1.54) is 7.11 Å². The van der Waals surface area contributed by atoms with Crippen LogP contribution in [0.1, 0.15) is 25.7 Å². The molecule has 0 N–H and O–H groups in total. The van der Waals surface area contributed by atoms with Crippen molar-refractivity contribution in [3.05, 3.63) is 0 Å². The molecule has 0 aromatic heterocycles. The first-order valence-corrected chi connectivity index (χ1v) is 6.32. The maximum Gasteiger partial charge on any atom is 0.393 e. The second kappa shape index (κ2) is 5.07. The fourth-order valence-corrected chi connectivity index (χ4v) is 2.70. The number of rotatable bonds is 3. The van der Waals surface area contributed by atoms with Gasteiger partial charge in [0.2, 0.25) is 0 Å². The van der Waals surface area contributed by atoms with E-state index >= 15 is 0 Å². The van der Waals surface area contributed by atoms with Gasteiger partial charge in [-0.25, -0.2) is 0 Å². The largest absolute Gasteiger partial charge is 0.468 e. The normalized spacial score (nSPS) is 27.9. The second-order valence-electron chi connectivity index (χ2n) is 5.18. The minimum absolute atomic E-state index is 0.0697. The van der Waals surface area contributed by atoms with E-state index in [0.717, 1.165) is 12.8 Å². The third-order valence-corrected chi connectivity index (χ3v) is 3.82. The molecule has 0 bridgehead atoms. The van der Waals surface area contributed by atoms with E-state index < -0.39 is 18.1 Å². The van der Waals surface area contributed by atoms with Crippen molar-refractivity contribution in [2.24, 2.45) is 11.8 Å². The third kappa shape index (κ3) is 2.96. The highest BCUT2D eigenvalue weighted by Crippen LogP contribution is 2.39. The van der Waals surface area contributed by atoms with Crippen LogP contribution in [0.25, 0.3) is 0 Å². The van der Waals surface area contributed by atoms with Crippen molar-refractivity contribution in [1.82, 2.24) is 4.90 Å². The van der Waals surface area contributed by atoms with Gasteiger partial charge < -0.3 is 4.74 Å². The molecule has 0 aromatic rings. The van der Waals surface area contributed by atoms with Crippen LogP contribution in [0.2, 0.25) is 0 Å². The highest BCUT2D eigenvalue weighted by Gasteiger charge is 2.47.